The maximum Gasteiger partial charge on any atom is 0.136 e. The molecule has 1 aromatic rings. The number of aliphatic hydroxyl groups is 1. The molecule has 2 nitrogen and oxygen atoms in total. The van der Waals surface area contributed by atoms with Crippen molar-refractivity contribution in [3.05, 3.63) is 27.2 Å². The van der Waals surface area contributed by atoms with Gasteiger partial charge < -0.3 is 9.84 Å². The van der Waals surface area contributed by atoms with Crippen molar-refractivity contribution in [2.75, 3.05) is 13.7 Å². The van der Waals surface area contributed by atoms with Crippen molar-refractivity contribution in [1.29, 1.82) is 0 Å². The van der Waals surface area contributed by atoms with Crippen LogP contribution in [0, 0.1) is 11.3 Å². The summed E-state index contributed by atoms with van der Waals surface area (Å²) < 4.78 is 6.92. The first-order valence-corrected chi connectivity index (χ1v) is 10.00. The van der Waals surface area contributed by atoms with E-state index in [1.54, 1.807) is 7.11 Å². The summed E-state index contributed by atoms with van der Waals surface area (Å²) in [5, 5.41) is 10.3. The van der Waals surface area contributed by atoms with Crippen LogP contribution in [0.4, 0.5) is 0 Å². The lowest BCUT2D eigenvalue weighted by atomic mass is 9.55. The molecule has 0 unspecified atom stereocenters. The topological polar surface area (TPSA) is 29.5 Å². The van der Waals surface area contributed by atoms with Crippen molar-refractivity contribution in [3.8, 4) is 5.75 Å². The molecule has 0 spiro atoms. The van der Waals surface area contributed by atoms with E-state index in [0.29, 0.717) is 11.8 Å². The zero-order valence-electron chi connectivity index (χ0n) is 15.9. The number of rotatable bonds is 3. The molecule has 1 N–H and O–H groups in total. The lowest BCUT2D eigenvalue weighted by Crippen LogP contribution is -2.44. The van der Waals surface area contributed by atoms with E-state index in [1.807, 2.05) is 0 Å². The molecule has 1 saturated carbocycles. The Morgan fingerprint density at radius 2 is 1.96 bits per heavy atom. The van der Waals surface area contributed by atoms with Gasteiger partial charge >= 0.3 is 0 Å². The smallest absolute Gasteiger partial charge is 0.136 e. The van der Waals surface area contributed by atoms with Gasteiger partial charge in [0.1, 0.15) is 5.75 Å². The lowest BCUT2D eigenvalue weighted by molar-refractivity contribution is 0.0335. The molecule has 24 heavy (non-hydrogen) atoms. The first-order valence-electron chi connectivity index (χ1n) is 9.20. The molecule has 0 aromatic heterocycles. The lowest BCUT2D eigenvalue weighted by Gasteiger charge is -2.49. The molecule has 2 aliphatic rings. The quantitative estimate of drug-likeness (QED) is 0.706. The van der Waals surface area contributed by atoms with Crippen molar-refractivity contribution >= 4 is 15.9 Å². The molecule has 0 amide bonds. The van der Waals surface area contributed by atoms with Crippen LogP contribution in [0.3, 0.4) is 0 Å². The summed E-state index contributed by atoms with van der Waals surface area (Å²) >= 11 is 3.90. The second-order valence-electron chi connectivity index (χ2n) is 8.96. The Hall–Kier alpha value is -0.540. The highest BCUT2D eigenvalue weighted by Gasteiger charge is 2.57. The first kappa shape index (κ1) is 18.3. The van der Waals surface area contributed by atoms with Gasteiger partial charge in [-0.15, -0.1) is 0 Å². The van der Waals surface area contributed by atoms with Crippen LogP contribution in [-0.2, 0) is 5.41 Å². The summed E-state index contributed by atoms with van der Waals surface area (Å²) in [7, 11) is 1.77. The Kier molecular flexibility index (Phi) is 4.58. The second kappa shape index (κ2) is 6.02. The van der Waals surface area contributed by atoms with E-state index < -0.39 is 0 Å². The summed E-state index contributed by atoms with van der Waals surface area (Å²) in [6.45, 7) is 11.8. The molecule has 0 bridgehead atoms. The van der Waals surface area contributed by atoms with Gasteiger partial charge in [-0.1, -0.05) is 47.1 Å². The average molecular weight is 395 g/mol. The number of ether oxygens (including phenoxy) is 1. The molecule has 134 valence electrons. The van der Waals surface area contributed by atoms with Crippen LogP contribution in [0.2, 0.25) is 0 Å². The van der Waals surface area contributed by atoms with Crippen LogP contribution in [-0.4, -0.2) is 18.8 Å². The van der Waals surface area contributed by atoms with E-state index in [9.17, 15) is 5.11 Å². The Balaban J connectivity index is 2.31. The Morgan fingerprint density at radius 3 is 2.50 bits per heavy atom. The third kappa shape index (κ3) is 2.38. The SMILES string of the molecule is COc1c(C(C)C)cc2c(c1Br)[C@@]1(C)CCCC(C)(C)[C@@H]1[C@H]2CO. The van der Waals surface area contributed by atoms with E-state index in [0.717, 1.165) is 10.2 Å². The van der Waals surface area contributed by atoms with Gasteiger partial charge in [0, 0.05) is 5.92 Å². The highest BCUT2D eigenvalue weighted by molar-refractivity contribution is 9.10. The van der Waals surface area contributed by atoms with E-state index in [1.165, 1.54) is 36.0 Å². The highest BCUT2D eigenvalue weighted by atomic mass is 79.9. The van der Waals surface area contributed by atoms with Crippen LogP contribution in [0.25, 0.3) is 0 Å². The Bertz CT molecular complexity index is 650. The molecule has 2 aliphatic carbocycles. The van der Waals surface area contributed by atoms with Gasteiger partial charge in [-0.05, 0) is 68.1 Å². The molecule has 0 saturated heterocycles. The molecular formula is C21H31BrO2. The predicted molar refractivity (Wildman–Crippen MR) is 103 cm³/mol. The zero-order valence-corrected chi connectivity index (χ0v) is 17.5. The molecule has 3 rings (SSSR count). The van der Waals surface area contributed by atoms with Crippen molar-refractivity contribution < 1.29 is 9.84 Å². The maximum absolute atomic E-state index is 10.3. The number of benzene rings is 1. The predicted octanol–water partition coefficient (Wildman–Crippen LogP) is 5.75. The number of hydrogen-bond donors (Lipinski definition) is 1. The van der Waals surface area contributed by atoms with Gasteiger partial charge in [0.05, 0.1) is 18.2 Å². The van der Waals surface area contributed by atoms with Gasteiger partial charge in [-0.2, -0.15) is 0 Å². The maximum atomic E-state index is 10.3. The van der Waals surface area contributed by atoms with Gasteiger partial charge in [-0.25, -0.2) is 0 Å². The van der Waals surface area contributed by atoms with Gasteiger partial charge in [0.15, 0.2) is 0 Å². The summed E-state index contributed by atoms with van der Waals surface area (Å²) in [6.07, 6.45) is 3.68. The van der Waals surface area contributed by atoms with Crippen LogP contribution in [0.1, 0.15) is 82.4 Å². The van der Waals surface area contributed by atoms with E-state index in [2.05, 4.69) is 56.6 Å². The van der Waals surface area contributed by atoms with Gasteiger partial charge in [0.2, 0.25) is 0 Å². The van der Waals surface area contributed by atoms with Crippen molar-refractivity contribution in [2.45, 2.75) is 71.1 Å². The molecule has 0 aliphatic heterocycles. The first-order chi connectivity index (χ1) is 11.2. The number of methoxy groups -OCH3 is 1. The minimum atomic E-state index is 0.103. The number of hydrogen-bond acceptors (Lipinski definition) is 2. The Morgan fingerprint density at radius 1 is 1.29 bits per heavy atom. The molecular weight excluding hydrogens is 364 g/mol. The monoisotopic (exact) mass is 394 g/mol. The summed E-state index contributed by atoms with van der Waals surface area (Å²) in [4.78, 5) is 0. The average Bonchev–Trinajstić information content (AvgIpc) is 2.76. The fourth-order valence-corrected chi connectivity index (χ4v) is 6.99. The van der Waals surface area contributed by atoms with Gasteiger partial charge in [0.25, 0.3) is 0 Å². The van der Waals surface area contributed by atoms with Crippen LogP contribution in [0.15, 0.2) is 10.5 Å². The summed E-state index contributed by atoms with van der Waals surface area (Å²) in [5.74, 6) is 2.07. The zero-order chi connectivity index (χ0) is 17.9. The minimum absolute atomic E-state index is 0.103. The number of aliphatic hydroxyl groups excluding tert-OH is 1. The van der Waals surface area contributed by atoms with Crippen molar-refractivity contribution in [2.24, 2.45) is 11.3 Å². The standard InChI is InChI=1S/C21H31BrO2/c1-12(2)13-10-14-15(11-23)19-20(3,4)8-7-9-21(19,5)16(14)17(22)18(13)24-6/h10,12,15,19,23H,7-9,11H2,1-6H3/t15-,19-,21+/m0/s1. The fraction of sp³-hybridized carbons (Fsp3) is 0.714. The third-order valence-corrected chi connectivity index (χ3v) is 7.48. The third-order valence-electron chi connectivity index (χ3n) is 6.72. The van der Waals surface area contributed by atoms with Crippen LogP contribution in [0.5, 0.6) is 5.75 Å². The second-order valence-corrected chi connectivity index (χ2v) is 9.75. The van der Waals surface area contributed by atoms with Crippen LogP contribution < -0.4 is 4.74 Å². The fourth-order valence-electron chi connectivity index (χ4n) is 5.92. The molecule has 1 fully saturated rings. The summed E-state index contributed by atoms with van der Waals surface area (Å²) in [5.41, 5.74) is 4.31. The number of fused-ring (bicyclic) bond motifs is 3. The van der Waals surface area contributed by atoms with Gasteiger partial charge in [-0.3, -0.25) is 0 Å². The molecule has 3 atom stereocenters. The van der Waals surface area contributed by atoms with E-state index >= 15 is 0 Å². The Labute approximate surface area is 155 Å². The van der Waals surface area contributed by atoms with E-state index in [-0.39, 0.29) is 23.4 Å². The van der Waals surface area contributed by atoms with Crippen molar-refractivity contribution in [3.63, 3.8) is 0 Å². The minimum Gasteiger partial charge on any atom is -0.495 e. The molecule has 0 radical (unpaired) electrons. The van der Waals surface area contributed by atoms with Crippen molar-refractivity contribution in [1.82, 2.24) is 0 Å². The molecule has 3 heteroatoms. The van der Waals surface area contributed by atoms with Crippen LogP contribution >= 0.6 is 15.9 Å². The normalized spacial score (nSPS) is 31.0. The molecule has 1 aromatic carbocycles. The highest BCUT2D eigenvalue weighted by Crippen LogP contribution is 2.65. The molecule has 0 heterocycles. The largest absolute Gasteiger partial charge is 0.495 e. The van der Waals surface area contributed by atoms with E-state index in [4.69, 9.17) is 4.74 Å². The number of halogens is 1. The summed E-state index contributed by atoms with van der Waals surface area (Å²) in [6, 6.07) is 2.32.